The van der Waals surface area contributed by atoms with Crippen molar-refractivity contribution in [3.8, 4) is 0 Å². The Bertz CT molecular complexity index is 780. The Kier molecular flexibility index (Phi) is 6.56. The lowest BCUT2D eigenvalue weighted by atomic mass is 9.96. The van der Waals surface area contributed by atoms with Gasteiger partial charge in [-0.2, -0.15) is 0 Å². The van der Waals surface area contributed by atoms with Gasteiger partial charge in [0, 0.05) is 48.6 Å². The number of pyridine rings is 1. The summed E-state index contributed by atoms with van der Waals surface area (Å²) < 4.78 is 6.92. The van der Waals surface area contributed by atoms with E-state index in [2.05, 4.69) is 61.9 Å². The lowest BCUT2D eigenvalue weighted by Gasteiger charge is -2.46. The first-order chi connectivity index (χ1) is 13.6. The molecule has 2 aliphatic heterocycles. The third-order valence-electron chi connectivity index (χ3n) is 5.90. The normalized spacial score (nSPS) is 24.5. The second kappa shape index (κ2) is 9.12. The molecule has 6 heteroatoms. The second-order valence-electron chi connectivity index (χ2n) is 7.88. The second-order valence-corrected chi connectivity index (χ2v) is 9.13. The highest BCUT2D eigenvalue weighted by molar-refractivity contribution is 9.10. The molecule has 28 heavy (non-hydrogen) atoms. The van der Waals surface area contributed by atoms with Gasteiger partial charge in [0.05, 0.1) is 12.7 Å². The highest BCUT2D eigenvalue weighted by Gasteiger charge is 2.34. The molecule has 4 rings (SSSR count). The van der Waals surface area contributed by atoms with E-state index in [1.165, 1.54) is 24.1 Å². The van der Waals surface area contributed by atoms with E-state index in [9.17, 15) is 0 Å². The van der Waals surface area contributed by atoms with Crippen LogP contribution in [0, 0.1) is 0 Å². The Morgan fingerprint density at radius 1 is 1.18 bits per heavy atom. The summed E-state index contributed by atoms with van der Waals surface area (Å²) in [5, 5.41) is 0.796. The lowest BCUT2D eigenvalue weighted by molar-refractivity contribution is -0.0744. The maximum atomic E-state index is 6.05. The Hall–Kier alpha value is -1.14. The number of halogens is 2. The van der Waals surface area contributed by atoms with Crippen molar-refractivity contribution < 1.29 is 4.74 Å². The molecule has 1 aromatic carbocycles. The summed E-state index contributed by atoms with van der Waals surface area (Å²) in [4.78, 5) is 9.43. The van der Waals surface area contributed by atoms with E-state index in [4.69, 9.17) is 16.3 Å². The Labute approximate surface area is 181 Å². The molecule has 0 radical (unpaired) electrons. The molecule has 0 amide bonds. The molecule has 0 saturated carbocycles. The molecule has 3 heterocycles. The van der Waals surface area contributed by atoms with E-state index in [1.54, 1.807) is 0 Å². The van der Waals surface area contributed by atoms with Crippen LogP contribution in [0.15, 0.2) is 47.2 Å². The summed E-state index contributed by atoms with van der Waals surface area (Å²) in [6, 6.07) is 13.5. The summed E-state index contributed by atoms with van der Waals surface area (Å²) in [5.74, 6) is 0. The van der Waals surface area contributed by atoms with Crippen LogP contribution in [-0.4, -0.2) is 54.3 Å². The minimum Gasteiger partial charge on any atom is -0.376 e. The van der Waals surface area contributed by atoms with Gasteiger partial charge in [-0.05, 0) is 71.9 Å². The van der Waals surface area contributed by atoms with E-state index in [1.807, 2.05) is 18.3 Å². The van der Waals surface area contributed by atoms with Crippen LogP contribution in [-0.2, 0) is 11.2 Å². The van der Waals surface area contributed by atoms with E-state index in [-0.39, 0.29) is 0 Å². The number of ether oxygens (including phenoxy) is 1. The van der Waals surface area contributed by atoms with Crippen molar-refractivity contribution in [2.75, 3.05) is 31.1 Å². The van der Waals surface area contributed by atoms with Gasteiger partial charge >= 0.3 is 0 Å². The van der Waals surface area contributed by atoms with E-state index < -0.39 is 0 Å². The van der Waals surface area contributed by atoms with Crippen LogP contribution in [0.3, 0.4) is 0 Å². The van der Waals surface area contributed by atoms with Gasteiger partial charge < -0.3 is 9.64 Å². The number of anilines is 1. The molecule has 1 aromatic heterocycles. The lowest BCUT2D eigenvalue weighted by Crippen LogP contribution is -2.56. The fourth-order valence-corrected chi connectivity index (χ4v) is 4.91. The van der Waals surface area contributed by atoms with Gasteiger partial charge in [0.15, 0.2) is 0 Å². The SMILES string of the molecule is C[C@H]1CN(C2CCN(c3ccnc(Br)c3)CC2)[C@@H](Cc2ccc(Cl)cc2)CO1. The Balaban J connectivity index is 1.41. The quantitative estimate of drug-likeness (QED) is 0.608. The van der Waals surface area contributed by atoms with Crippen LogP contribution in [0.1, 0.15) is 25.3 Å². The third-order valence-corrected chi connectivity index (χ3v) is 6.59. The van der Waals surface area contributed by atoms with Crippen molar-refractivity contribution in [1.82, 2.24) is 9.88 Å². The molecule has 0 N–H and O–H groups in total. The number of nitrogens with zero attached hydrogens (tertiary/aromatic N) is 3. The minimum absolute atomic E-state index is 0.302. The van der Waals surface area contributed by atoms with E-state index >= 15 is 0 Å². The first-order valence-corrected chi connectivity index (χ1v) is 11.2. The molecule has 0 aliphatic carbocycles. The van der Waals surface area contributed by atoms with Gasteiger partial charge in [0.1, 0.15) is 4.60 Å². The number of hydrogen-bond acceptors (Lipinski definition) is 4. The predicted molar refractivity (Wildman–Crippen MR) is 118 cm³/mol. The standard InChI is InChI=1S/C22H27BrClN3O/c1-16-14-27(21(15-28-16)12-17-2-4-18(24)5-3-17)19-7-10-26(11-8-19)20-6-9-25-22(23)13-20/h2-6,9,13,16,19,21H,7-8,10-12,14-15H2,1H3/t16-,21-/m0/s1. The van der Waals surface area contributed by atoms with Crippen LogP contribution >= 0.6 is 27.5 Å². The minimum atomic E-state index is 0.302. The first kappa shape index (κ1) is 20.1. The summed E-state index contributed by atoms with van der Waals surface area (Å²) >= 11 is 9.54. The zero-order valence-electron chi connectivity index (χ0n) is 16.2. The highest BCUT2D eigenvalue weighted by atomic mass is 79.9. The van der Waals surface area contributed by atoms with Crippen LogP contribution in [0.4, 0.5) is 5.69 Å². The summed E-state index contributed by atoms with van der Waals surface area (Å²) in [6.07, 6.45) is 5.56. The van der Waals surface area contributed by atoms with Crippen molar-refractivity contribution in [2.45, 2.75) is 44.4 Å². The molecule has 0 bridgehead atoms. The summed E-state index contributed by atoms with van der Waals surface area (Å²) in [7, 11) is 0. The maximum Gasteiger partial charge on any atom is 0.108 e. The molecule has 0 unspecified atom stereocenters. The van der Waals surface area contributed by atoms with Gasteiger partial charge in [0.2, 0.25) is 0 Å². The van der Waals surface area contributed by atoms with E-state index in [0.717, 1.165) is 42.3 Å². The number of rotatable bonds is 4. The predicted octanol–water partition coefficient (Wildman–Crippen LogP) is 4.80. The fourth-order valence-electron chi connectivity index (χ4n) is 4.43. The van der Waals surface area contributed by atoms with Gasteiger partial charge in [0.25, 0.3) is 0 Å². The molecule has 2 saturated heterocycles. The molecular formula is C22H27BrClN3O. The number of aromatic nitrogens is 1. The molecule has 2 aromatic rings. The fraction of sp³-hybridized carbons (Fsp3) is 0.500. The Morgan fingerprint density at radius 3 is 2.64 bits per heavy atom. The van der Waals surface area contributed by atoms with Crippen molar-refractivity contribution in [3.63, 3.8) is 0 Å². The van der Waals surface area contributed by atoms with Gasteiger partial charge in [-0.15, -0.1) is 0 Å². The van der Waals surface area contributed by atoms with Crippen molar-refractivity contribution in [2.24, 2.45) is 0 Å². The van der Waals surface area contributed by atoms with Gasteiger partial charge in [-0.3, -0.25) is 4.90 Å². The molecule has 2 fully saturated rings. The zero-order valence-corrected chi connectivity index (χ0v) is 18.6. The molecule has 4 nitrogen and oxygen atoms in total. The van der Waals surface area contributed by atoms with Gasteiger partial charge in [-0.1, -0.05) is 23.7 Å². The number of benzene rings is 1. The monoisotopic (exact) mass is 463 g/mol. The molecule has 2 aliphatic rings. The topological polar surface area (TPSA) is 28.6 Å². The van der Waals surface area contributed by atoms with Crippen molar-refractivity contribution in [1.29, 1.82) is 0 Å². The summed E-state index contributed by atoms with van der Waals surface area (Å²) in [6.45, 7) is 6.18. The average Bonchev–Trinajstić information content (AvgIpc) is 2.71. The molecule has 2 atom stereocenters. The molecule has 0 spiro atoms. The number of piperidine rings is 1. The number of hydrogen-bond donors (Lipinski definition) is 0. The van der Waals surface area contributed by atoms with Crippen LogP contribution in [0.5, 0.6) is 0 Å². The largest absolute Gasteiger partial charge is 0.376 e. The van der Waals surface area contributed by atoms with Crippen molar-refractivity contribution in [3.05, 3.63) is 57.8 Å². The Morgan fingerprint density at radius 2 is 1.93 bits per heavy atom. The number of morpholine rings is 1. The first-order valence-electron chi connectivity index (χ1n) is 10.1. The van der Waals surface area contributed by atoms with Gasteiger partial charge in [-0.25, -0.2) is 4.98 Å². The van der Waals surface area contributed by atoms with E-state index in [0.29, 0.717) is 18.2 Å². The smallest absolute Gasteiger partial charge is 0.108 e. The van der Waals surface area contributed by atoms with Crippen molar-refractivity contribution >= 4 is 33.2 Å². The van der Waals surface area contributed by atoms with Crippen LogP contribution in [0.25, 0.3) is 0 Å². The third kappa shape index (κ3) is 4.88. The maximum absolute atomic E-state index is 6.05. The molecule has 150 valence electrons. The highest BCUT2D eigenvalue weighted by Crippen LogP contribution is 2.28. The summed E-state index contributed by atoms with van der Waals surface area (Å²) in [5.41, 5.74) is 2.59. The van der Waals surface area contributed by atoms with Crippen LogP contribution < -0.4 is 4.90 Å². The zero-order chi connectivity index (χ0) is 19.5. The van der Waals surface area contributed by atoms with Crippen LogP contribution in [0.2, 0.25) is 5.02 Å². The average molecular weight is 465 g/mol. The molecular weight excluding hydrogens is 438 g/mol.